The van der Waals surface area contributed by atoms with Crippen molar-refractivity contribution in [3.63, 3.8) is 0 Å². The molecule has 7 heteroatoms. The number of carbonyl (C=O) groups is 1. The number of amides is 1. The standard InChI is InChI=1S/C18H22N6O/c1-5-23-13(3)16(12(2)21-23)19-18(25)17-14(4)24(22-20-17)11-15-9-7-6-8-10-15/h6-10H,5,11H2,1-4H3,(H,19,25). The molecule has 1 aromatic carbocycles. The molecule has 0 bridgehead atoms. The van der Waals surface area contributed by atoms with E-state index in [9.17, 15) is 4.79 Å². The van der Waals surface area contributed by atoms with Crippen LogP contribution in [0.2, 0.25) is 0 Å². The minimum absolute atomic E-state index is 0.265. The highest BCUT2D eigenvalue weighted by molar-refractivity contribution is 6.04. The van der Waals surface area contributed by atoms with Crippen LogP contribution in [0, 0.1) is 20.8 Å². The van der Waals surface area contributed by atoms with Gasteiger partial charge in [-0.05, 0) is 33.3 Å². The van der Waals surface area contributed by atoms with Gasteiger partial charge in [0.1, 0.15) is 0 Å². The fraction of sp³-hybridized carbons (Fsp3) is 0.333. The van der Waals surface area contributed by atoms with E-state index < -0.39 is 0 Å². The van der Waals surface area contributed by atoms with E-state index in [-0.39, 0.29) is 5.91 Å². The first-order chi connectivity index (χ1) is 12.0. The summed E-state index contributed by atoms with van der Waals surface area (Å²) in [4.78, 5) is 12.6. The number of rotatable bonds is 5. The molecular formula is C18H22N6O. The maximum absolute atomic E-state index is 12.6. The van der Waals surface area contributed by atoms with Crippen molar-refractivity contribution >= 4 is 11.6 Å². The van der Waals surface area contributed by atoms with Gasteiger partial charge < -0.3 is 5.32 Å². The number of anilines is 1. The van der Waals surface area contributed by atoms with Gasteiger partial charge in [-0.1, -0.05) is 35.5 Å². The molecular weight excluding hydrogens is 316 g/mol. The third-order valence-electron chi connectivity index (χ3n) is 4.29. The van der Waals surface area contributed by atoms with Crippen molar-refractivity contribution in [2.45, 2.75) is 40.8 Å². The van der Waals surface area contributed by atoms with E-state index in [1.54, 1.807) is 4.68 Å². The summed E-state index contributed by atoms with van der Waals surface area (Å²) in [6.45, 7) is 9.04. The number of aryl methyl sites for hydroxylation is 2. The summed E-state index contributed by atoms with van der Waals surface area (Å²) in [5, 5.41) is 15.5. The van der Waals surface area contributed by atoms with Crippen LogP contribution >= 0.6 is 0 Å². The molecule has 0 aliphatic heterocycles. The average Bonchev–Trinajstić information content (AvgIpc) is 3.10. The van der Waals surface area contributed by atoms with E-state index in [0.717, 1.165) is 34.9 Å². The van der Waals surface area contributed by atoms with Gasteiger partial charge in [0.2, 0.25) is 0 Å². The van der Waals surface area contributed by atoms with Crippen molar-refractivity contribution in [1.82, 2.24) is 24.8 Å². The lowest BCUT2D eigenvalue weighted by atomic mass is 10.2. The highest BCUT2D eigenvalue weighted by Crippen LogP contribution is 2.20. The zero-order chi connectivity index (χ0) is 18.0. The molecule has 2 aromatic heterocycles. The Morgan fingerprint density at radius 3 is 2.44 bits per heavy atom. The normalized spacial score (nSPS) is 10.9. The quantitative estimate of drug-likeness (QED) is 0.776. The van der Waals surface area contributed by atoms with E-state index >= 15 is 0 Å². The summed E-state index contributed by atoms with van der Waals surface area (Å²) >= 11 is 0. The van der Waals surface area contributed by atoms with Gasteiger partial charge in [-0.3, -0.25) is 9.48 Å². The molecule has 1 N–H and O–H groups in total. The molecule has 0 saturated carbocycles. The number of hydrogen-bond donors (Lipinski definition) is 1. The van der Waals surface area contributed by atoms with Crippen LogP contribution in [-0.2, 0) is 13.1 Å². The first-order valence-corrected chi connectivity index (χ1v) is 8.30. The van der Waals surface area contributed by atoms with Gasteiger partial charge in [0.15, 0.2) is 5.69 Å². The fourth-order valence-electron chi connectivity index (χ4n) is 2.84. The Labute approximate surface area is 146 Å². The van der Waals surface area contributed by atoms with Crippen molar-refractivity contribution in [3.8, 4) is 0 Å². The van der Waals surface area contributed by atoms with Gasteiger partial charge in [-0.2, -0.15) is 5.10 Å². The van der Waals surface area contributed by atoms with Crippen LogP contribution in [0.15, 0.2) is 30.3 Å². The number of aromatic nitrogens is 5. The zero-order valence-corrected chi connectivity index (χ0v) is 14.9. The minimum Gasteiger partial charge on any atom is -0.317 e. The third kappa shape index (κ3) is 3.31. The lowest BCUT2D eigenvalue weighted by Gasteiger charge is -2.06. The van der Waals surface area contributed by atoms with Crippen LogP contribution in [0.25, 0.3) is 0 Å². The molecule has 0 fully saturated rings. The second-order valence-corrected chi connectivity index (χ2v) is 5.98. The SMILES string of the molecule is CCn1nc(C)c(NC(=O)c2nnn(Cc3ccccc3)c2C)c1C. The fourth-order valence-corrected chi connectivity index (χ4v) is 2.84. The predicted molar refractivity (Wildman–Crippen MR) is 95.6 cm³/mol. The number of benzene rings is 1. The summed E-state index contributed by atoms with van der Waals surface area (Å²) in [5.74, 6) is -0.265. The summed E-state index contributed by atoms with van der Waals surface area (Å²) < 4.78 is 3.60. The number of hydrogen-bond acceptors (Lipinski definition) is 4. The molecule has 1 amide bonds. The molecule has 7 nitrogen and oxygen atoms in total. The van der Waals surface area contributed by atoms with Crippen LogP contribution in [0.5, 0.6) is 0 Å². The molecule has 25 heavy (non-hydrogen) atoms. The van der Waals surface area contributed by atoms with Gasteiger partial charge in [0.05, 0.1) is 29.3 Å². The Bertz CT molecular complexity index is 894. The Hall–Kier alpha value is -2.96. The molecule has 3 rings (SSSR count). The van der Waals surface area contributed by atoms with Crippen molar-refractivity contribution < 1.29 is 4.79 Å². The second kappa shape index (κ2) is 6.88. The smallest absolute Gasteiger partial charge is 0.278 e. The van der Waals surface area contributed by atoms with Gasteiger partial charge in [0.25, 0.3) is 5.91 Å². The van der Waals surface area contributed by atoms with Crippen LogP contribution in [0.3, 0.4) is 0 Å². The summed E-state index contributed by atoms with van der Waals surface area (Å²) in [6, 6.07) is 9.97. The van der Waals surface area contributed by atoms with Crippen LogP contribution in [-0.4, -0.2) is 30.7 Å². The van der Waals surface area contributed by atoms with Crippen LogP contribution in [0.4, 0.5) is 5.69 Å². The predicted octanol–water partition coefficient (Wildman–Crippen LogP) is 2.72. The van der Waals surface area contributed by atoms with E-state index in [1.165, 1.54) is 0 Å². The van der Waals surface area contributed by atoms with Crippen molar-refractivity contribution in [2.24, 2.45) is 0 Å². The molecule has 0 aliphatic carbocycles. The molecule has 0 unspecified atom stereocenters. The average molecular weight is 338 g/mol. The molecule has 0 spiro atoms. The Morgan fingerprint density at radius 1 is 1.08 bits per heavy atom. The molecule has 0 saturated heterocycles. The van der Waals surface area contributed by atoms with Gasteiger partial charge in [-0.25, -0.2) is 4.68 Å². The first-order valence-electron chi connectivity index (χ1n) is 8.30. The summed E-state index contributed by atoms with van der Waals surface area (Å²) in [6.07, 6.45) is 0. The first kappa shape index (κ1) is 16.9. The Balaban J connectivity index is 1.81. The maximum atomic E-state index is 12.6. The number of nitrogens with one attached hydrogen (secondary N) is 1. The summed E-state index contributed by atoms with van der Waals surface area (Å²) in [5.41, 5.74) is 4.64. The van der Waals surface area contributed by atoms with Gasteiger partial charge >= 0.3 is 0 Å². The molecule has 3 aromatic rings. The molecule has 0 atom stereocenters. The zero-order valence-electron chi connectivity index (χ0n) is 14.9. The highest BCUT2D eigenvalue weighted by Gasteiger charge is 2.20. The minimum atomic E-state index is -0.265. The van der Waals surface area contributed by atoms with Crippen LogP contribution < -0.4 is 5.32 Å². The maximum Gasteiger partial charge on any atom is 0.278 e. The third-order valence-corrected chi connectivity index (χ3v) is 4.29. The van der Waals surface area contributed by atoms with Crippen molar-refractivity contribution in [2.75, 3.05) is 5.32 Å². The second-order valence-electron chi connectivity index (χ2n) is 5.98. The lowest BCUT2D eigenvalue weighted by molar-refractivity contribution is 0.102. The number of carbonyl (C=O) groups excluding carboxylic acids is 1. The van der Waals surface area contributed by atoms with Crippen LogP contribution in [0.1, 0.15) is 40.1 Å². The lowest BCUT2D eigenvalue weighted by Crippen LogP contribution is -2.15. The van der Waals surface area contributed by atoms with E-state index in [4.69, 9.17) is 0 Å². The molecule has 0 aliphatic rings. The van der Waals surface area contributed by atoms with Gasteiger partial charge in [-0.15, -0.1) is 5.10 Å². The van der Waals surface area contributed by atoms with E-state index in [1.807, 2.05) is 62.7 Å². The van der Waals surface area contributed by atoms with Crippen molar-refractivity contribution in [3.05, 3.63) is 58.7 Å². The molecule has 0 radical (unpaired) electrons. The van der Waals surface area contributed by atoms with Gasteiger partial charge in [0, 0.05) is 6.54 Å². The number of nitrogens with zero attached hydrogens (tertiary/aromatic N) is 5. The monoisotopic (exact) mass is 338 g/mol. The summed E-state index contributed by atoms with van der Waals surface area (Å²) in [7, 11) is 0. The molecule has 130 valence electrons. The Morgan fingerprint density at radius 2 is 1.80 bits per heavy atom. The van der Waals surface area contributed by atoms with E-state index in [2.05, 4.69) is 20.7 Å². The topological polar surface area (TPSA) is 77.6 Å². The van der Waals surface area contributed by atoms with E-state index in [0.29, 0.717) is 12.2 Å². The molecule has 2 heterocycles. The highest BCUT2D eigenvalue weighted by atomic mass is 16.2. The Kier molecular flexibility index (Phi) is 4.65. The van der Waals surface area contributed by atoms with Crippen molar-refractivity contribution in [1.29, 1.82) is 0 Å². The largest absolute Gasteiger partial charge is 0.317 e.